The van der Waals surface area contributed by atoms with E-state index in [4.69, 9.17) is 4.84 Å². The zero-order valence-electron chi connectivity index (χ0n) is 5.55. The molecule has 0 aliphatic carbocycles. The number of hydrogen-bond acceptors (Lipinski definition) is 2. The van der Waals surface area contributed by atoms with Crippen LogP contribution in [0.3, 0.4) is 0 Å². The van der Waals surface area contributed by atoms with Gasteiger partial charge in [-0.1, -0.05) is 13.3 Å². The third-order valence-electron chi connectivity index (χ3n) is 1.48. The van der Waals surface area contributed by atoms with Crippen molar-refractivity contribution >= 4 is 0 Å². The van der Waals surface area contributed by atoms with Crippen molar-refractivity contribution in [2.75, 3.05) is 6.73 Å². The quantitative estimate of drug-likeness (QED) is 0.516. The summed E-state index contributed by atoms with van der Waals surface area (Å²) in [5.41, 5.74) is 0. The van der Waals surface area contributed by atoms with E-state index in [1.165, 1.54) is 12.8 Å². The summed E-state index contributed by atoms with van der Waals surface area (Å²) in [5.74, 6) is 0. The van der Waals surface area contributed by atoms with Crippen molar-refractivity contribution in [2.45, 2.75) is 32.7 Å². The van der Waals surface area contributed by atoms with E-state index in [-0.39, 0.29) is 0 Å². The summed E-state index contributed by atoms with van der Waals surface area (Å²) in [6.45, 7) is 5.23. The number of rotatable bonds is 3. The maximum Gasteiger partial charge on any atom is 0.144 e. The second-order valence-corrected chi connectivity index (χ2v) is 2.31. The SMILES string of the molecule is CCCC(C)N1CO1. The van der Waals surface area contributed by atoms with Crippen LogP contribution in [0.25, 0.3) is 0 Å². The summed E-state index contributed by atoms with van der Waals surface area (Å²) in [6.07, 6.45) is 2.50. The average Bonchev–Trinajstić information content (AvgIpc) is 2.45. The molecule has 1 aliphatic rings. The minimum absolute atomic E-state index is 0.639. The topological polar surface area (TPSA) is 15.5 Å². The second kappa shape index (κ2) is 2.46. The van der Waals surface area contributed by atoms with Gasteiger partial charge in [-0.2, -0.15) is 5.06 Å². The molecular weight excluding hydrogens is 102 g/mol. The molecule has 1 aliphatic heterocycles. The fourth-order valence-electron chi connectivity index (χ4n) is 0.850. The van der Waals surface area contributed by atoms with Crippen molar-refractivity contribution < 1.29 is 4.84 Å². The van der Waals surface area contributed by atoms with E-state index >= 15 is 0 Å². The summed E-state index contributed by atoms with van der Waals surface area (Å²) in [5, 5.41) is 2.00. The van der Waals surface area contributed by atoms with E-state index < -0.39 is 0 Å². The lowest BCUT2D eigenvalue weighted by molar-refractivity contribution is 0.149. The van der Waals surface area contributed by atoms with Gasteiger partial charge < -0.3 is 0 Å². The predicted octanol–water partition coefficient (Wildman–Crippen LogP) is 1.38. The Morgan fingerprint density at radius 3 is 2.75 bits per heavy atom. The Hall–Kier alpha value is -0.0800. The first-order valence-electron chi connectivity index (χ1n) is 3.24. The van der Waals surface area contributed by atoms with Crippen molar-refractivity contribution in [1.82, 2.24) is 5.06 Å². The lowest BCUT2D eigenvalue weighted by atomic mass is 10.2. The normalized spacial score (nSPS) is 30.0. The van der Waals surface area contributed by atoms with Crippen LogP contribution in [-0.2, 0) is 4.84 Å². The summed E-state index contributed by atoms with van der Waals surface area (Å²) >= 11 is 0. The first-order chi connectivity index (χ1) is 3.84. The fourth-order valence-corrected chi connectivity index (χ4v) is 0.850. The largest absolute Gasteiger partial charge is 0.278 e. The number of hydroxylamine groups is 2. The Labute approximate surface area is 50.4 Å². The van der Waals surface area contributed by atoms with Crippen LogP contribution in [0.4, 0.5) is 0 Å². The zero-order chi connectivity index (χ0) is 5.98. The van der Waals surface area contributed by atoms with E-state index in [9.17, 15) is 0 Å². The Morgan fingerprint density at radius 1 is 1.75 bits per heavy atom. The van der Waals surface area contributed by atoms with Crippen molar-refractivity contribution in [2.24, 2.45) is 0 Å². The summed E-state index contributed by atoms with van der Waals surface area (Å²) in [4.78, 5) is 4.96. The van der Waals surface area contributed by atoms with E-state index in [1.54, 1.807) is 0 Å². The van der Waals surface area contributed by atoms with Gasteiger partial charge in [-0.05, 0) is 13.3 Å². The Bertz CT molecular complexity index is 70.9. The van der Waals surface area contributed by atoms with Crippen LogP contribution in [0.2, 0.25) is 0 Å². The molecule has 2 nitrogen and oxygen atoms in total. The lowest BCUT2D eigenvalue weighted by Crippen LogP contribution is -2.12. The van der Waals surface area contributed by atoms with Gasteiger partial charge in [-0.15, -0.1) is 0 Å². The first kappa shape index (κ1) is 6.05. The Morgan fingerprint density at radius 2 is 2.38 bits per heavy atom. The summed E-state index contributed by atoms with van der Waals surface area (Å²) < 4.78 is 0. The van der Waals surface area contributed by atoms with Crippen molar-refractivity contribution in [3.05, 3.63) is 0 Å². The molecule has 1 saturated heterocycles. The Balaban J connectivity index is 2.03. The van der Waals surface area contributed by atoms with Crippen molar-refractivity contribution in [3.63, 3.8) is 0 Å². The minimum atomic E-state index is 0.639. The van der Waals surface area contributed by atoms with Gasteiger partial charge in [-0.3, -0.25) is 4.84 Å². The molecule has 0 spiro atoms. The van der Waals surface area contributed by atoms with Crippen molar-refractivity contribution in [3.8, 4) is 0 Å². The van der Waals surface area contributed by atoms with Gasteiger partial charge in [0.1, 0.15) is 6.73 Å². The molecule has 2 heteroatoms. The van der Waals surface area contributed by atoms with Crippen LogP contribution < -0.4 is 0 Å². The minimum Gasteiger partial charge on any atom is -0.278 e. The molecule has 2 atom stereocenters. The van der Waals surface area contributed by atoms with E-state index in [0.717, 1.165) is 6.73 Å². The van der Waals surface area contributed by atoms with E-state index in [0.29, 0.717) is 6.04 Å². The van der Waals surface area contributed by atoms with Crippen LogP contribution in [-0.4, -0.2) is 17.8 Å². The van der Waals surface area contributed by atoms with Gasteiger partial charge in [0.05, 0.1) is 0 Å². The smallest absolute Gasteiger partial charge is 0.144 e. The monoisotopic (exact) mass is 115 g/mol. The molecule has 0 N–H and O–H groups in total. The number of hydrogen-bond donors (Lipinski definition) is 0. The zero-order valence-corrected chi connectivity index (χ0v) is 5.55. The maximum atomic E-state index is 4.96. The van der Waals surface area contributed by atoms with Gasteiger partial charge >= 0.3 is 0 Å². The molecule has 1 fully saturated rings. The molecule has 1 rings (SSSR count). The molecule has 0 aromatic carbocycles. The molecule has 0 bridgehead atoms. The van der Waals surface area contributed by atoms with Gasteiger partial charge in [0.15, 0.2) is 0 Å². The molecule has 0 aromatic heterocycles. The van der Waals surface area contributed by atoms with Crippen molar-refractivity contribution in [1.29, 1.82) is 0 Å². The molecule has 0 saturated carbocycles. The summed E-state index contributed by atoms with van der Waals surface area (Å²) in [7, 11) is 0. The fraction of sp³-hybridized carbons (Fsp3) is 1.00. The van der Waals surface area contributed by atoms with Gasteiger partial charge in [0, 0.05) is 6.04 Å². The van der Waals surface area contributed by atoms with Crippen LogP contribution in [0.15, 0.2) is 0 Å². The highest BCUT2D eigenvalue weighted by atomic mass is 16.8. The molecule has 8 heavy (non-hydrogen) atoms. The van der Waals surface area contributed by atoms with Gasteiger partial charge in [0.25, 0.3) is 0 Å². The van der Waals surface area contributed by atoms with Crippen LogP contribution >= 0.6 is 0 Å². The van der Waals surface area contributed by atoms with E-state index in [2.05, 4.69) is 13.8 Å². The molecule has 0 radical (unpaired) electrons. The molecular formula is C6H13NO. The third-order valence-corrected chi connectivity index (χ3v) is 1.48. The molecule has 48 valence electrons. The Kier molecular flexibility index (Phi) is 1.86. The highest BCUT2D eigenvalue weighted by Gasteiger charge is 2.24. The molecule has 0 aromatic rings. The summed E-state index contributed by atoms with van der Waals surface area (Å²) in [6, 6.07) is 0.639. The number of nitrogens with zero attached hydrogens (tertiary/aromatic N) is 1. The lowest BCUT2D eigenvalue weighted by Gasteiger charge is -2.04. The average molecular weight is 115 g/mol. The third kappa shape index (κ3) is 1.46. The predicted molar refractivity (Wildman–Crippen MR) is 32.2 cm³/mol. The van der Waals surface area contributed by atoms with Crippen LogP contribution in [0.1, 0.15) is 26.7 Å². The standard InChI is InChI=1S/C6H13NO/c1-3-4-6(2)7-5-8-7/h6H,3-5H2,1-2H3. The van der Waals surface area contributed by atoms with E-state index in [1.807, 2.05) is 5.06 Å². The molecule has 2 unspecified atom stereocenters. The van der Waals surface area contributed by atoms with Crippen LogP contribution in [0, 0.1) is 0 Å². The molecule has 0 amide bonds. The molecule has 1 heterocycles. The second-order valence-electron chi connectivity index (χ2n) is 2.31. The highest BCUT2D eigenvalue weighted by molar-refractivity contribution is 4.60. The van der Waals surface area contributed by atoms with Gasteiger partial charge in [0.2, 0.25) is 0 Å². The maximum absolute atomic E-state index is 4.96. The van der Waals surface area contributed by atoms with Gasteiger partial charge in [-0.25, -0.2) is 0 Å². The van der Waals surface area contributed by atoms with Crippen LogP contribution in [0.5, 0.6) is 0 Å². The first-order valence-corrected chi connectivity index (χ1v) is 3.24. The highest BCUT2D eigenvalue weighted by Crippen LogP contribution is 2.15.